The van der Waals surface area contributed by atoms with E-state index in [1.54, 1.807) is 0 Å². The van der Waals surface area contributed by atoms with Gasteiger partial charge in [0.05, 0.1) is 6.61 Å². The molecule has 0 amide bonds. The number of carbonyl (C=O) groups is 1. The van der Waals surface area contributed by atoms with Crippen molar-refractivity contribution >= 4 is 5.97 Å². The van der Waals surface area contributed by atoms with Crippen LogP contribution in [0, 0.1) is 23.2 Å². The van der Waals surface area contributed by atoms with Crippen molar-refractivity contribution in [2.45, 2.75) is 60.9 Å². The van der Waals surface area contributed by atoms with E-state index in [4.69, 9.17) is 10.5 Å². The van der Waals surface area contributed by atoms with E-state index in [1.165, 1.54) is 0 Å². The van der Waals surface area contributed by atoms with Gasteiger partial charge in [0, 0.05) is 0 Å². The summed E-state index contributed by atoms with van der Waals surface area (Å²) in [5.41, 5.74) is 5.95. The van der Waals surface area contributed by atoms with Crippen molar-refractivity contribution < 1.29 is 9.53 Å². The molecule has 2 atom stereocenters. The molecule has 0 saturated carbocycles. The Balaban J connectivity index is 4.46. The molecule has 2 unspecified atom stereocenters. The van der Waals surface area contributed by atoms with Gasteiger partial charge >= 0.3 is 5.97 Å². The molecule has 0 aliphatic carbocycles. The smallest absolute Gasteiger partial charge is 0.323 e. The molecule has 0 rings (SSSR count). The maximum atomic E-state index is 11.8. The van der Waals surface area contributed by atoms with Gasteiger partial charge in [-0.05, 0) is 29.6 Å². The Kier molecular flexibility index (Phi) is 6.90. The molecular weight excluding hydrogens is 226 g/mol. The highest BCUT2D eigenvalue weighted by atomic mass is 16.5. The Hall–Kier alpha value is -0.570. The molecule has 0 spiro atoms. The molecule has 108 valence electrons. The van der Waals surface area contributed by atoms with Crippen LogP contribution in [0.2, 0.25) is 0 Å². The summed E-state index contributed by atoms with van der Waals surface area (Å²) in [5.74, 6) is 0.777. The molecule has 0 heterocycles. The van der Waals surface area contributed by atoms with Crippen LogP contribution in [-0.4, -0.2) is 18.6 Å². The Morgan fingerprint density at radius 1 is 1.22 bits per heavy atom. The highest BCUT2D eigenvalue weighted by Gasteiger charge is 2.32. The molecular formula is C15H31NO2. The van der Waals surface area contributed by atoms with E-state index in [-0.39, 0.29) is 17.3 Å². The first-order valence-electron chi connectivity index (χ1n) is 7.06. The van der Waals surface area contributed by atoms with E-state index in [0.29, 0.717) is 18.4 Å². The number of esters is 1. The summed E-state index contributed by atoms with van der Waals surface area (Å²) in [6.45, 7) is 15.4. The lowest BCUT2D eigenvalue weighted by Crippen LogP contribution is -2.39. The van der Waals surface area contributed by atoms with Gasteiger partial charge in [-0.15, -0.1) is 0 Å². The van der Waals surface area contributed by atoms with Crippen molar-refractivity contribution in [1.82, 2.24) is 0 Å². The number of hydrogen-bond acceptors (Lipinski definition) is 3. The van der Waals surface area contributed by atoms with E-state index in [2.05, 4.69) is 34.6 Å². The number of ether oxygens (including phenoxy) is 1. The minimum absolute atomic E-state index is 0.121. The van der Waals surface area contributed by atoms with Gasteiger partial charge in [-0.25, -0.2) is 0 Å². The third-order valence-corrected chi connectivity index (χ3v) is 4.45. The standard InChI is InChI=1S/C15H31NO2/c1-8-12(15(6,7)11(4)5)9-18-14(17)13(16)10(2)3/h10-13H,8-9,16H2,1-7H3. The van der Waals surface area contributed by atoms with Crippen molar-refractivity contribution in [3.8, 4) is 0 Å². The highest BCUT2D eigenvalue weighted by Crippen LogP contribution is 2.37. The predicted octanol–water partition coefficient (Wildman–Crippen LogP) is 3.22. The summed E-state index contributed by atoms with van der Waals surface area (Å²) in [7, 11) is 0. The van der Waals surface area contributed by atoms with Crippen molar-refractivity contribution in [2.24, 2.45) is 28.9 Å². The average molecular weight is 257 g/mol. The third kappa shape index (κ3) is 4.60. The second-order valence-electron chi connectivity index (χ2n) is 6.48. The fourth-order valence-electron chi connectivity index (χ4n) is 1.88. The Labute approximate surface area is 112 Å². The van der Waals surface area contributed by atoms with Crippen molar-refractivity contribution in [3.05, 3.63) is 0 Å². The van der Waals surface area contributed by atoms with Gasteiger partial charge in [-0.2, -0.15) is 0 Å². The van der Waals surface area contributed by atoms with Crippen molar-refractivity contribution in [1.29, 1.82) is 0 Å². The Morgan fingerprint density at radius 3 is 2.06 bits per heavy atom. The van der Waals surface area contributed by atoms with Gasteiger partial charge in [0.1, 0.15) is 6.04 Å². The molecule has 18 heavy (non-hydrogen) atoms. The van der Waals surface area contributed by atoms with Crippen LogP contribution in [0.3, 0.4) is 0 Å². The lowest BCUT2D eigenvalue weighted by Gasteiger charge is -2.37. The largest absolute Gasteiger partial charge is 0.464 e. The zero-order valence-corrected chi connectivity index (χ0v) is 13.1. The fraction of sp³-hybridized carbons (Fsp3) is 0.933. The normalized spacial score (nSPS) is 15.9. The lowest BCUT2D eigenvalue weighted by atomic mass is 9.70. The highest BCUT2D eigenvalue weighted by molar-refractivity contribution is 5.75. The molecule has 3 heteroatoms. The van der Waals surface area contributed by atoms with Crippen LogP contribution in [0.25, 0.3) is 0 Å². The van der Waals surface area contributed by atoms with Crippen molar-refractivity contribution in [2.75, 3.05) is 6.61 Å². The third-order valence-electron chi connectivity index (χ3n) is 4.45. The number of nitrogens with two attached hydrogens (primary N) is 1. The second kappa shape index (κ2) is 7.13. The van der Waals surface area contributed by atoms with E-state index in [0.717, 1.165) is 6.42 Å². The van der Waals surface area contributed by atoms with Crippen LogP contribution in [0.4, 0.5) is 0 Å². The van der Waals surface area contributed by atoms with Gasteiger partial charge in [-0.3, -0.25) is 4.79 Å². The minimum atomic E-state index is -0.510. The number of rotatable bonds is 7. The number of hydrogen-bond donors (Lipinski definition) is 1. The molecule has 0 fully saturated rings. The summed E-state index contributed by atoms with van der Waals surface area (Å²) in [5, 5.41) is 0. The molecule has 0 radical (unpaired) electrons. The molecule has 0 aromatic heterocycles. The van der Waals surface area contributed by atoms with E-state index < -0.39 is 6.04 Å². The van der Waals surface area contributed by atoms with Gasteiger partial charge in [0.15, 0.2) is 0 Å². The maximum absolute atomic E-state index is 11.8. The van der Waals surface area contributed by atoms with Crippen LogP contribution in [0.15, 0.2) is 0 Å². The van der Waals surface area contributed by atoms with Gasteiger partial charge in [0.25, 0.3) is 0 Å². The number of carbonyl (C=O) groups excluding carboxylic acids is 1. The topological polar surface area (TPSA) is 52.3 Å². The SMILES string of the molecule is CCC(COC(=O)C(N)C(C)C)C(C)(C)C(C)C. The Morgan fingerprint density at radius 2 is 1.72 bits per heavy atom. The molecule has 0 aliphatic rings. The monoisotopic (exact) mass is 257 g/mol. The van der Waals surface area contributed by atoms with E-state index in [9.17, 15) is 4.79 Å². The zero-order chi connectivity index (χ0) is 14.5. The summed E-state index contributed by atoms with van der Waals surface area (Å²) in [4.78, 5) is 11.8. The summed E-state index contributed by atoms with van der Waals surface area (Å²) in [6, 6.07) is -0.510. The van der Waals surface area contributed by atoms with E-state index in [1.807, 2.05) is 13.8 Å². The molecule has 0 saturated heterocycles. The molecule has 3 nitrogen and oxygen atoms in total. The molecule has 0 aromatic rings. The lowest BCUT2D eigenvalue weighted by molar-refractivity contribution is -0.149. The predicted molar refractivity (Wildman–Crippen MR) is 76.2 cm³/mol. The quantitative estimate of drug-likeness (QED) is 0.712. The van der Waals surface area contributed by atoms with Crippen molar-refractivity contribution in [3.63, 3.8) is 0 Å². The zero-order valence-electron chi connectivity index (χ0n) is 13.1. The summed E-state index contributed by atoms with van der Waals surface area (Å²) < 4.78 is 5.39. The fourth-order valence-corrected chi connectivity index (χ4v) is 1.88. The van der Waals surface area contributed by atoms with Crippen LogP contribution < -0.4 is 5.73 Å². The molecule has 0 bridgehead atoms. The average Bonchev–Trinajstić information content (AvgIpc) is 2.27. The van der Waals surface area contributed by atoms with Gasteiger partial charge in [-0.1, -0.05) is 48.5 Å². The van der Waals surface area contributed by atoms with E-state index >= 15 is 0 Å². The first kappa shape index (κ1) is 17.4. The second-order valence-corrected chi connectivity index (χ2v) is 6.48. The summed E-state index contributed by atoms with van der Waals surface area (Å²) >= 11 is 0. The van der Waals surface area contributed by atoms with Crippen LogP contribution in [0.5, 0.6) is 0 Å². The molecule has 0 aliphatic heterocycles. The first-order valence-corrected chi connectivity index (χ1v) is 7.06. The first-order chi connectivity index (χ1) is 8.14. The van der Waals surface area contributed by atoms with Gasteiger partial charge < -0.3 is 10.5 Å². The maximum Gasteiger partial charge on any atom is 0.323 e. The van der Waals surface area contributed by atoms with Gasteiger partial charge in [0.2, 0.25) is 0 Å². The Bertz CT molecular complexity index is 259. The summed E-state index contributed by atoms with van der Waals surface area (Å²) in [6.07, 6.45) is 1.01. The molecule has 2 N–H and O–H groups in total. The van der Waals surface area contributed by atoms with Crippen LogP contribution in [0.1, 0.15) is 54.9 Å². The molecule has 0 aromatic carbocycles. The van der Waals surface area contributed by atoms with Crippen LogP contribution in [-0.2, 0) is 9.53 Å². The minimum Gasteiger partial charge on any atom is -0.464 e. The van der Waals surface area contributed by atoms with Crippen LogP contribution >= 0.6 is 0 Å².